The summed E-state index contributed by atoms with van der Waals surface area (Å²) in [6.45, 7) is 2.30. The summed E-state index contributed by atoms with van der Waals surface area (Å²) in [6, 6.07) is 6.42. The Bertz CT molecular complexity index is 1100. The maximum Gasteiger partial charge on any atom is 0.269 e. The maximum absolute atomic E-state index is 14.2. The van der Waals surface area contributed by atoms with Crippen molar-refractivity contribution in [3.63, 3.8) is 0 Å². The van der Waals surface area contributed by atoms with E-state index in [1.54, 1.807) is 30.1 Å². The summed E-state index contributed by atoms with van der Waals surface area (Å²) >= 11 is 1.42. The molecule has 1 amide bonds. The van der Waals surface area contributed by atoms with Crippen LogP contribution in [0.4, 0.5) is 4.39 Å². The molecule has 30 heavy (non-hydrogen) atoms. The standard InChI is InChI=1S/C21H22FN5O2S/c1-4-14-10-18(27(2)26-14)20(28)24-11-15-8-12-7-13(22)9-16(19(12)29-15)17-5-6-23-21(25-17)30-3/h5-7,9-10,15H,4,8,11H2,1-3H3,(H,24,28). The molecule has 1 atom stereocenters. The summed E-state index contributed by atoms with van der Waals surface area (Å²) in [5.41, 5.74) is 3.33. The van der Waals surface area contributed by atoms with Gasteiger partial charge in [-0.05, 0) is 36.9 Å². The van der Waals surface area contributed by atoms with Gasteiger partial charge in [-0.25, -0.2) is 14.4 Å². The predicted octanol–water partition coefficient (Wildman–Crippen LogP) is 3.03. The van der Waals surface area contributed by atoms with E-state index in [1.807, 2.05) is 13.2 Å². The van der Waals surface area contributed by atoms with Gasteiger partial charge in [0.2, 0.25) is 0 Å². The predicted molar refractivity (Wildman–Crippen MR) is 112 cm³/mol. The quantitative estimate of drug-likeness (QED) is 0.481. The SMILES string of the molecule is CCc1cc(C(=O)NCC2Cc3cc(F)cc(-c4ccnc(SC)n4)c3O2)n(C)n1. The fourth-order valence-corrected chi connectivity index (χ4v) is 3.85. The Labute approximate surface area is 178 Å². The largest absolute Gasteiger partial charge is 0.487 e. The number of nitrogens with zero attached hydrogens (tertiary/aromatic N) is 4. The van der Waals surface area contributed by atoms with Crippen LogP contribution in [0.5, 0.6) is 5.75 Å². The Balaban J connectivity index is 1.50. The minimum Gasteiger partial charge on any atom is -0.487 e. The van der Waals surface area contributed by atoms with E-state index in [4.69, 9.17) is 4.74 Å². The second-order valence-corrected chi connectivity index (χ2v) is 7.80. The molecular weight excluding hydrogens is 405 g/mol. The van der Waals surface area contributed by atoms with E-state index in [0.717, 1.165) is 17.7 Å². The number of carbonyl (C=O) groups excluding carboxylic acids is 1. The van der Waals surface area contributed by atoms with Crippen LogP contribution in [0.3, 0.4) is 0 Å². The van der Waals surface area contributed by atoms with E-state index in [2.05, 4.69) is 20.4 Å². The molecule has 0 spiro atoms. The lowest BCUT2D eigenvalue weighted by atomic mass is 10.0. The molecule has 156 valence electrons. The number of rotatable bonds is 6. The first-order chi connectivity index (χ1) is 14.5. The Kier molecular flexibility index (Phi) is 5.72. The lowest BCUT2D eigenvalue weighted by Gasteiger charge is -2.13. The normalized spacial score (nSPS) is 15.0. The zero-order valence-electron chi connectivity index (χ0n) is 17.0. The van der Waals surface area contributed by atoms with Crippen molar-refractivity contribution in [3.05, 3.63) is 53.2 Å². The first-order valence-corrected chi connectivity index (χ1v) is 10.9. The highest BCUT2D eigenvalue weighted by Gasteiger charge is 2.28. The highest BCUT2D eigenvalue weighted by atomic mass is 32.2. The van der Waals surface area contributed by atoms with Gasteiger partial charge in [0.25, 0.3) is 5.91 Å². The molecule has 4 rings (SSSR count). The van der Waals surface area contributed by atoms with Gasteiger partial charge in [-0.15, -0.1) is 0 Å². The Morgan fingerprint density at radius 3 is 2.97 bits per heavy atom. The van der Waals surface area contributed by atoms with E-state index < -0.39 is 0 Å². The molecule has 0 saturated heterocycles. The third kappa shape index (κ3) is 4.02. The lowest BCUT2D eigenvalue weighted by Crippen LogP contribution is -2.35. The monoisotopic (exact) mass is 427 g/mol. The Morgan fingerprint density at radius 1 is 1.40 bits per heavy atom. The summed E-state index contributed by atoms with van der Waals surface area (Å²) < 4.78 is 21.9. The summed E-state index contributed by atoms with van der Waals surface area (Å²) in [5, 5.41) is 7.81. The fourth-order valence-electron chi connectivity index (χ4n) is 3.50. The van der Waals surface area contributed by atoms with Crippen molar-refractivity contribution in [1.29, 1.82) is 0 Å². The van der Waals surface area contributed by atoms with Crippen molar-refractivity contribution < 1.29 is 13.9 Å². The maximum atomic E-state index is 14.2. The van der Waals surface area contributed by atoms with Crippen molar-refractivity contribution in [1.82, 2.24) is 25.1 Å². The van der Waals surface area contributed by atoms with Gasteiger partial charge in [0.1, 0.15) is 23.4 Å². The third-order valence-electron chi connectivity index (χ3n) is 4.97. The summed E-state index contributed by atoms with van der Waals surface area (Å²) in [7, 11) is 1.75. The summed E-state index contributed by atoms with van der Waals surface area (Å²) in [5.74, 6) is 0.0506. The lowest BCUT2D eigenvalue weighted by molar-refractivity contribution is 0.0924. The Hall–Kier alpha value is -2.94. The van der Waals surface area contributed by atoms with Crippen LogP contribution in [0.15, 0.2) is 35.6 Å². The number of aryl methyl sites for hydroxylation is 2. The van der Waals surface area contributed by atoms with Crippen molar-refractivity contribution in [2.75, 3.05) is 12.8 Å². The summed E-state index contributed by atoms with van der Waals surface area (Å²) in [6.07, 6.45) is 4.52. The molecule has 7 nitrogen and oxygen atoms in total. The van der Waals surface area contributed by atoms with Gasteiger partial charge in [-0.3, -0.25) is 9.48 Å². The van der Waals surface area contributed by atoms with Crippen molar-refractivity contribution >= 4 is 17.7 Å². The molecule has 1 aromatic carbocycles. The van der Waals surface area contributed by atoms with Crippen LogP contribution < -0.4 is 10.1 Å². The molecule has 1 aliphatic heterocycles. The van der Waals surface area contributed by atoms with Crippen LogP contribution in [-0.2, 0) is 19.9 Å². The molecular formula is C21H22FN5O2S. The average molecular weight is 428 g/mol. The zero-order chi connectivity index (χ0) is 21.3. The van der Waals surface area contributed by atoms with Crippen LogP contribution >= 0.6 is 11.8 Å². The van der Waals surface area contributed by atoms with Crippen LogP contribution in [0.25, 0.3) is 11.3 Å². The minimum absolute atomic E-state index is 0.212. The number of hydrogen-bond acceptors (Lipinski definition) is 6. The fraction of sp³-hybridized carbons (Fsp3) is 0.333. The molecule has 0 fully saturated rings. The molecule has 1 N–H and O–H groups in total. The second kappa shape index (κ2) is 8.43. The highest BCUT2D eigenvalue weighted by Crippen LogP contribution is 2.39. The average Bonchev–Trinajstić information content (AvgIpc) is 3.34. The van der Waals surface area contributed by atoms with Crippen LogP contribution in [-0.4, -0.2) is 44.6 Å². The number of amides is 1. The van der Waals surface area contributed by atoms with Crippen LogP contribution in [0.1, 0.15) is 28.7 Å². The molecule has 0 aliphatic carbocycles. The topological polar surface area (TPSA) is 81.9 Å². The van der Waals surface area contributed by atoms with Gasteiger partial charge in [0, 0.05) is 30.8 Å². The number of halogens is 1. The molecule has 9 heteroatoms. The molecule has 0 bridgehead atoms. The number of thioether (sulfide) groups is 1. The van der Waals surface area contributed by atoms with E-state index in [0.29, 0.717) is 40.8 Å². The van der Waals surface area contributed by atoms with Gasteiger partial charge >= 0.3 is 0 Å². The van der Waals surface area contributed by atoms with Crippen LogP contribution in [0, 0.1) is 5.82 Å². The smallest absolute Gasteiger partial charge is 0.269 e. The molecule has 0 saturated carbocycles. The second-order valence-electron chi connectivity index (χ2n) is 7.02. The van der Waals surface area contributed by atoms with Crippen LogP contribution in [0.2, 0.25) is 0 Å². The van der Waals surface area contributed by atoms with Crippen molar-refractivity contribution in [2.45, 2.75) is 31.0 Å². The number of carbonyl (C=O) groups is 1. The number of benzene rings is 1. The van der Waals surface area contributed by atoms with Gasteiger partial charge in [-0.2, -0.15) is 5.10 Å². The van der Waals surface area contributed by atoms with Gasteiger partial charge in [-0.1, -0.05) is 18.7 Å². The van der Waals surface area contributed by atoms with Crippen molar-refractivity contribution in [3.8, 4) is 17.0 Å². The minimum atomic E-state index is -0.344. The number of nitrogens with one attached hydrogen (secondary N) is 1. The van der Waals surface area contributed by atoms with Gasteiger partial charge in [0.15, 0.2) is 5.16 Å². The van der Waals surface area contributed by atoms with Crippen molar-refractivity contribution in [2.24, 2.45) is 7.05 Å². The third-order valence-corrected chi connectivity index (χ3v) is 5.53. The molecule has 1 aliphatic rings. The number of ether oxygens (including phenoxy) is 1. The van der Waals surface area contributed by atoms with E-state index in [-0.39, 0.29) is 17.8 Å². The molecule has 3 aromatic rings. The number of aromatic nitrogens is 4. The molecule has 2 aromatic heterocycles. The van der Waals surface area contributed by atoms with E-state index in [9.17, 15) is 9.18 Å². The number of hydrogen-bond donors (Lipinski definition) is 1. The van der Waals surface area contributed by atoms with E-state index >= 15 is 0 Å². The highest BCUT2D eigenvalue weighted by molar-refractivity contribution is 7.98. The zero-order valence-corrected chi connectivity index (χ0v) is 17.8. The summed E-state index contributed by atoms with van der Waals surface area (Å²) in [4.78, 5) is 21.2. The molecule has 0 radical (unpaired) electrons. The molecule has 1 unspecified atom stereocenters. The first-order valence-electron chi connectivity index (χ1n) is 9.66. The van der Waals surface area contributed by atoms with Gasteiger partial charge in [0.05, 0.1) is 17.9 Å². The molecule has 3 heterocycles. The first kappa shape index (κ1) is 20.3. The van der Waals surface area contributed by atoms with E-state index in [1.165, 1.54) is 23.9 Å². The van der Waals surface area contributed by atoms with Gasteiger partial charge < -0.3 is 10.1 Å². The Morgan fingerprint density at radius 2 is 2.23 bits per heavy atom. The number of fused-ring (bicyclic) bond motifs is 1.